The van der Waals surface area contributed by atoms with Gasteiger partial charge in [0.2, 0.25) is 0 Å². The predicted octanol–water partition coefficient (Wildman–Crippen LogP) is 2.63. The number of allylic oxidation sites excluding steroid dienone is 1. The van der Waals surface area contributed by atoms with E-state index in [1.807, 2.05) is 36.4 Å². The second kappa shape index (κ2) is 7.24. The summed E-state index contributed by atoms with van der Waals surface area (Å²) in [6.45, 7) is 2.01. The van der Waals surface area contributed by atoms with E-state index in [9.17, 15) is 4.79 Å². The van der Waals surface area contributed by atoms with E-state index < -0.39 is 5.97 Å². The minimum absolute atomic E-state index is 0.0859. The van der Waals surface area contributed by atoms with Gasteiger partial charge in [-0.25, -0.2) is 4.79 Å². The highest BCUT2D eigenvalue weighted by Gasteiger charge is 2.08. The van der Waals surface area contributed by atoms with E-state index in [-0.39, 0.29) is 12.2 Å². The number of ether oxygens (including phenoxy) is 1. The normalized spacial score (nSPS) is 10.7. The SMILES string of the molecule is CCOC(=O)C(C#N)=CCCc1ccccc1. The molecule has 0 atom stereocenters. The average Bonchev–Trinajstić information content (AvgIpc) is 2.36. The van der Waals surface area contributed by atoms with Crippen LogP contribution in [0.5, 0.6) is 0 Å². The molecular formula is C14H15NO2. The number of rotatable bonds is 5. The zero-order valence-corrected chi connectivity index (χ0v) is 9.85. The van der Waals surface area contributed by atoms with Gasteiger partial charge in [-0.15, -0.1) is 0 Å². The maximum absolute atomic E-state index is 11.3. The highest BCUT2D eigenvalue weighted by Crippen LogP contribution is 2.05. The number of benzene rings is 1. The van der Waals surface area contributed by atoms with Crippen molar-refractivity contribution in [3.8, 4) is 6.07 Å². The molecule has 0 radical (unpaired) electrons. The second-order valence-electron chi connectivity index (χ2n) is 3.47. The Morgan fingerprint density at radius 2 is 2.12 bits per heavy atom. The predicted molar refractivity (Wildman–Crippen MR) is 65.1 cm³/mol. The minimum Gasteiger partial charge on any atom is -0.462 e. The van der Waals surface area contributed by atoms with Crippen LogP contribution >= 0.6 is 0 Å². The first-order valence-corrected chi connectivity index (χ1v) is 5.59. The lowest BCUT2D eigenvalue weighted by Crippen LogP contribution is -2.06. The molecule has 1 aromatic rings. The Hall–Kier alpha value is -2.08. The molecule has 0 aliphatic rings. The Kier molecular flexibility index (Phi) is 5.53. The zero-order chi connectivity index (χ0) is 12.5. The molecule has 0 saturated carbocycles. The number of hydrogen-bond acceptors (Lipinski definition) is 3. The Balaban J connectivity index is 2.52. The summed E-state index contributed by atoms with van der Waals surface area (Å²) in [5.74, 6) is -0.539. The molecule has 0 bridgehead atoms. The van der Waals surface area contributed by atoms with Crippen LogP contribution in [0.1, 0.15) is 18.9 Å². The van der Waals surface area contributed by atoms with Gasteiger partial charge in [-0.1, -0.05) is 36.4 Å². The summed E-state index contributed by atoms with van der Waals surface area (Å²) in [7, 11) is 0. The van der Waals surface area contributed by atoms with Crippen LogP contribution in [0, 0.1) is 11.3 Å². The van der Waals surface area contributed by atoms with Gasteiger partial charge in [0.05, 0.1) is 6.61 Å². The molecule has 3 nitrogen and oxygen atoms in total. The molecule has 0 saturated heterocycles. The molecule has 0 unspecified atom stereocenters. The highest BCUT2D eigenvalue weighted by molar-refractivity contribution is 5.92. The topological polar surface area (TPSA) is 50.1 Å². The zero-order valence-electron chi connectivity index (χ0n) is 9.85. The molecule has 1 aromatic carbocycles. The van der Waals surface area contributed by atoms with Crippen molar-refractivity contribution in [1.82, 2.24) is 0 Å². The number of nitriles is 1. The third kappa shape index (κ3) is 4.52. The average molecular weight is 229 g/mol. The quantitative estimate of drug-likeness (QED) is 0.443. The van der Waals surface area contributed by atoms with Gasteiger partial charge in [0.1, 0.15) is 11.6 Å². The van der Waals surface area contributed by atoms with Gasteiger partial charge < -0.3 is 4.74 Å². The van der Waals surface area contributed by atoms with Crippen molar-refractivity contribution in [1.29, 1.82) is 5.26 Å². The van der Waals surface area contributed by atoms with Gasteiger partial charge in [0.15, 0.2) is 0 Å². The molecule has 3 heteroatoms. The first-order chi connectivity index (χ1) is 8.27. The number of nitrogens with zero attached hydrogens (tertiary/aromatic N) is 1. The molecule has 0 spiro atoms. The van der Waals surface area contributed by atoms with Crippen molar-refractivity contribution in [2.24, 2.45) is 0 Å². The number of carbonyl (C=O) groups excluding carboxylic acids is 1. The lowest BCUT2D eigenvalue weighted by Gasteiger charge is -2.00. The fraction of sp³-hybridized carbons (Fsp3) is 0.286. The molecule has 0 heterocycles. The number of esters is 1. The standard InChI is InChI=1S/C14H15NO2/c1-2-17-14(16)13(11-15)10-6-9-12-7-4-3-5-8-12/h3-5,7-8,10H,2,6,9H2,1H3. The largest absolute Gasteiger partial charge is 0.462 e. The van der Waals surface area contributed by atoms with Gasteiger partial charge in [-0.05, 0) is 25.3 Å². The van der Waals surface area contributed by atoms with Crippen molar-refractivity contribution in [3.05, 3.63) is 47.5 Å². The maximum Gasteiger partial charge on any atom is 0.348 e. The van der Waals surface area contributed by atoms with E-state index in [1.165, 1.54) is 5.56 Å². The summed E-state index contributed by atoms with van der Waals surface area (Å²) in [5.41, 5.74) is 1.27. The third-order valence-electron chi connectivity index (χ3n) is 2.24. The molecule has 0 aliphatic carbocycles. The number of hydrogen-bond donors (Lipinski definition) is 0. The molecule has 0 aliphatic heterocycles. The van der Waals surface area contributed by atoms with Crippen LogP contribution in [0.25, 0.3) is 0 Å². The van der Waals surface area contributed by atoms with E-state index in [1.54, 1.807) is 13.0 Å². The number of carbonyl (C=O) groups is 1. The molecular weight excluding hydrogens is 214 g/mol. The summed E-state index contributed by atoms with van der Waals surface area (Å²) < 4.78 is 4.77. The van der Waals surface area contributed by atoms with E-state index in [0.717, 1.165) is 6.42 Å². The van der Waals surface area contributed by atoms with Gasteiger partial charge in [-0.2, -0.15) is 5.26 Å². The van der Waals surface area contributed by atoms with Crippen molar-refractivity contribution in [2.75, 3.05) is 6.61 Å². The smallest absolute Gasteiger partial charge is 0.348 e. The summed E-state index contributed by atoms with van der Waals surface area (Å²) in [4.78, 5) is 11.3. The molecule has 17 heavy (non-hydrogen) atoms. The van der Waals surface area contributed by atoms with Crippen molar-refractivity contribution in [3.63, 3.8) is 0 Å². The summed E-state index contributed by atoms with van der Waals surface area (Å²) in [5, 5.41) is 8.80. The van der Waals surface area contributed by atoms with Crippen molar-refractivity contribution >= 4 is 5.97 Å². The highest BCUT2D eigenvalue weighted by atomic mass is 16.5. The molecule has 0 amide bonds. The molecule has 88 valence electrons. The fourth-order valence-corrected chi connectivity index (χ4v) is 1.41. The van der Waals surface area contributed by atoms with Gasteiger partial charge in [0.25, 0.3) is 0 Å². The Morgan fingerprint density at radius 3 is 2.71 bits per heavy atom. The Bertz CT molecular complexity index is 429. The van der Waals surface area contributed by atoms with Crippen LogP contribution in [0.15, 0.2) is 42.0 Å². The second-order valence-corrected chi connectivity index (χ2v) is 3.47. The first kappa shape index (κ1) is 13.0. The van der Waals surface area contributed by atoms with Crippen LogP contribution in [0.3, 0.4) is 0 Å². The fourth-order valence-electron chi connectivity index (χ4n) is 1.41. The molecule has 0 aromatic heterocycles. The monoisotopic (exact) mass is 229 g/mol. The first-order valence-electron chi connectivity index (χ1n) is 5.59. The van der Waals surface area contributed by atoms with Crippen LogP contribution in [-0.2, 0) is 16.0 Å². The van der Waals surface area contributed by atoms with Gasteiger partial charge in [-0.3, -0.25) is 0 Å². The lowest BCUT2D eigenvalue weighted by molar-refractivity contribution is -0.138. The van der Waals surface area contributed by atoms with E-state index in [2.05, 4.69) is 0 Å². The van der Waals surface area contributed by atoms with Crippen molar-refractivity contribution in [2.45, 2.75) is 19.8 Å². The Labute approximate surface area is 101 Å². The summed E-state index contributed by atoms with van der Waals surface area (Å²) in [6.07, 6.45) is 3.10. The molecule has 0 fully saturated rings. The summed E-state index contributed by atoms with van der Waals surface area (Å²) in [6, 6.07) is 11.8. The minimum atomic E-state index is -0.539. The van der Waals surface area contributed by atoms with Gasteiger partial charge in [0, 0.05) is 0 Å². The van der Waals surface area contributed by atoms with Gasteiger partial charge >= 0.3 is 5.97 Å². The van der Waals surface area contributed by atoms with E-state index in [4.69, 9.17) is 10.00 Å². The van der Waals surface area contributed by atoms with Crippen LogP contribution in [0.4, 0.5) is 0 Å². The van der Waals surface area contributed by atoms with Crippen molar-refractivity contribution < 1.29 is 9.53 Å². The van der Waals surface area contributed by atoms with Crippen LogP contribution in [-0.4, -0.2) is 12.6 Å². The van der Waals surface area contributed by atoms with E-state index >= 15 is 0 Å². The number of aryl methyl sites for hydroxylation is 1. The Morgan fingerprint density at radius 1 is 1.41 bits per heavy atom. The summed E-state index contributed by atoms with van der Waals surface area (Å²) >= 11 is 0. The lowest BCUT2D eigenvalue weighted by atomic mass is 10.1. The maximum atomic E-state index is 11.3. The molecule has 0 N–H and O–H groups in total. The third-order valence-corrected chi connectivity index (χ3v) is 2.24. The molecule has 1 rings (SSSR count). The van der Waals surface area contributed by atoms with Crippen LogP contribution < -0.4 is 0 Å². The van der Waals surface area contributed by atoms with Crippen LogP contribution in [0.2, 0.25) is 0 Å². The van der Waals surface area contributed by atoms with E-state index in [0.29, 0.717) is 6.42 Å².